The molecule has 2 heterocycles. The average molecular weight is 388 g/mol. The molecule has 3 aromatic rings. The molecule has 0 bridgehead atoms. The van der Waals surface area contributed by atoms with Gasteiger partial charge in [0.1, 0.15) is 0 Å². The number of nitrogens with one attached hydrogen (secondary N) is 2. The Labute approximate surface area is 165 Å². The maximum absolute atomic E-state index is 12.3. The Morgan fingerprint density at radius 3 is 2.93 bits per heavy atom. The number of amides is 2. The number of fused-ring (bicyclic) bond motifs is 1. The van der Waals surface area contributed by atoms with Crippen molar-refractivity contribution in [2.75, 3.05) is 5.32 Å². The number of benzene rings is 2. The van der Waals surface area contributed by atoms with Crippen molar-refractivity contribution in [3.05, 3.63) is 71.3 Å². The zero-order valence-corrected chi connectivity index (χ0v) is 15.8. The summed E-state index contributed by atoms with van der Waals surface area (Å²) in [5.74, 6) is -0.336. The first kappa shape index (κ1) is 17.9. The highest BCUT2D eigenvalue weighted by Crippen LogP contribution is 2.29. The fourth-order valence-electron chi connectivity index (χ4n) is 2.79. The van der Waals surface area contributed by atoms with Crippen LogP contribution in [-0.4, -0.2) is 22.0 Å². The highest BCUT2D eigenvalue weighted by atomic mass is 32.2. The zero-order valence-electron chi connectivity index (χ0n) is 15.0. The minimum atomic E-state index is -0.187. The second-order valence-electron chi connectivity index (χ2n) is 6.17. The van der Waals surface area contributed by atoms with Gasteiger partial charge in [0.05, 0.1) is 16.1 Å². The molecule has 6 nitrogen and oxygen atoms in total. The second kappa shape index (κ2) is 7.66. The van der Waals surface area contributed by atoms with E-state index in [-0.39, 0.29) is 11.8 Å². The summed E-state index contributed by atoms with van der Waals surface area (Å²) in [5.41, 5.74) is 3.14. The Morgan fingerprint density at radius 1 is 1.18 bits per heavy atom. The van der Waals surface area contributed by atoms with Gasteiger partial charge in [0.25, 0.3) is 5.91 Å². The largest absolute Gasteiger partial charge is 0.326 e. The fraction of sp³-hybridized carbons (Fsp3) is 0.0476. The van der Waals surface area contributed by atoms with Gasteiger partial charge >= 0.3 is 0 Å². The Morgan fingerprint density at radius 2 is 2.07 bits per heavy atom. The molecule has 138 valence electrons. The number of aromatic nitrogens is 1. The van der Waals surface area contributed by atoms with Gasteiger partial charge in [-0.15, -0.1) is 0 Å². The summed E-state index contributed by atoms with van der Waals surface area (Å²) in [6.07, 6.45) is 3.59. The molecule has 1 aromatic heterocycles. The number of nitrogens with zero attached hydrogens (tertiary/aromatic N) is 2. The molecule has 2 aromatic carbocycles. The average Bonchev–Trinajstić information content (AvgIpc) is 3.00. The van der Waals surface area contributed by atoms with Crippen molar-refractivity contribution in [3.8, 4) is 0 Å². The number of rotatable bonds is 3. The minimum Gasteiger partial charge on any atom is -0.326 e. The van der Waals surface area contributed by atoms with Gasteiger partial charge in [-0.05, 0) is 59.8 Å². The van der Waals surface area contributed by atoms with E-state index in [9.17, 15) is 9.59 Å². The van der Waals surface area contributed by atoms with E-state index in [1.165, 1.54) is 18.7 Å². The van der Waals surface area contributed by atoms with Crippen LogP contribution in [0.5, 0.6) is 0 Å². The van der Waals surface area contributed by atoms with Crippen molar-refractivity contribution in [3.63, 3.8) is 0 Å². The SMILES string of the molecule is CC(=O)Nc1cccc(N=C2NC(=O)/C(=C\c3ccc4ncccc4c3)S2)c1. The molecule has 1 aliphatic heterocycles. The highest BCUT2D eigenvalue weighted by molar-refractivity contribution is 8.18. The van der Waals surface area contributed by atoms with E-state index in [1.807, 2.05) is 42.5 Å². The molecule has 0 unspecified atom stereocenters. The number of thioether (sulfide) groups is 1. The quantitative estimate of drug-likeness (QED) is 0.662. The molecule has 0 aliphatic carbocycles. The Balaban J connectivity index is 1.57. The first-order valence-electron chi connectivity index (χ1n) is 8.59. The number of amidine groups is 1. The van der Waals surface area contributed by atoms with Crippen LogP contribution in [0, 0.1) is 0 Å². The maximum Gasteiger partial charge on any atom is 0.264 e. The zero-order chi connectivity index (χ0) is 19.5. The van der Waals surface area contributed by atoms with E-state index in [0.717, 1.165) is 16.5 Å². The monoisotopic (exact) mass is 388 g/mol. The van der Waals surface area contributed by atoms with Crippen LogP contribution in [0.3, 0.4) is 0 Å². The van der Waals surface area contributed by atoms with Crippen LogP contribution in [0.25, 0.3) is 17.0 Å². The van der Waals surface area contributed by atoms with Crippen LogP contribution >= 0.6 is 11.8 Å². The van der Waals surface area contributed by atoms with E-state index >= 15 is 0 Å². The van der Waals surface area contributed by atoms with Crippen molar-refractivity contribution < 1.29 is 9.59 Å². The van der Waals surface area contributed by atoms with Crippen molar-refractivity contribution in [2.24, 2.45) is 4.99 Å². The molecule has 0 saturated carbocycles. The number of hydrogen-bond donors (Lipinski definition) is 2. The Hall–Kier alpha value is -3.45. The van der Waals surface area contributed by atoms with Gasteiger partial charge in [0, 0.05) is 24.2 Å². The normalized spacial score (nSPS) is 16.5. The van der Waals surface area contributed by atoms with Crippen molar-refractivity contribution in [1.29, 1.82) is 0 Å². The number of aliphatic imine (C=N–C) groups is 1. The number of carbonyl (C=O) groups is 2. The lowest BCUT2D eigenvalue weighted by molar-refractivity contribution is -0.115. The molecule has 1 fully saturated rings. The summed E-state index contributed by atoms with van der Waals surface area (Å²) >= 11 is 1.28. The predicted octanol–water partition coefficient (Wildman–Crippen LogP) is 4.08. The van der Waals surface area contributed by atoms with Crippen LogP contribution in [0.4, 0.5) is 11.4 Å². The predicted molar refractivity (Wildman–Crippen MR) is 113 cm³/mol. The standard InChI is InChI=1S/C21H16N4O2S/c1-13(26)23-16-5-2-6-17(12-16)24-21-25-20(27)19(28-21)11-14-7-8-18-15(10-14)4-3-9-22-18/h2-12H,1H3,(H,23,26)(H,24,25,27)/b19-11+. The summed E-state index contributed by atoms with van der Waals surface area (Å²) in [6, 6.07) is 16.9. The van der Waals surface area contributed by atoms with Crippen molar-refractivity contribution >= 4 is 57.1 Å². The second-order valence-corrected chi connectivity index (χ2v) is 7.20. The molecule has 2 N–H and O–H groups in total. The van der Waals surface area contributed by atoms with Gasteiger partial charge in [0.2, 0.25) is 5.91 Å². The van der Waals surface area contributed by atoms with Crippen LogP contribution in [0.1, 0.15) is 12.5 Å². The van der Waals surface area contributed by atoms with E-state index < -0.39 is 0 Å². The third-order valence-corrected chi connectivity index (χ3v) is 4.88. The summed E-state index contributed by atoms with van der Waals surface area (Å²) in [6.45, 7) is 1.45. The van der Waals surface area contributed by atoms with Crippen LogP contribution in [-0.2, 0) is 9.59 Å². The topological polar surface area (TPSA) is 83.5 Å². The molecule has 2 amide bonds. The molecule has 7 heteroatoms. The smallest absolute Gasteiger partial charge is 0.264 e. The third-order valence-electron chi connectivity index (χ3n) is 3.97. The van der Waals surface area contributed by atoms with Gasteiger partial charge in [-0.2, -0.15) is 0 Å². The fourth-order valence-corrected chi connectivity index (χ4v) is 3.63. The van der Waals surface area contributed by atoms with Gasteiger partial charge in [-0.3, -0.25) is 14.6 Å². The van der Waals surface area contributed by atoms with Gasteiger partial charge in [-0.25, -0.2) is 4.99 Å². The van der Waals surface area contributed by atoms with Crippen LogP contribution < -0.4 is 10.6 Å². The molecule has 0 radical (unpaired) electrons. The molecule has 0 atom stereocenters. The molecular weight excluding hydrogens is 372 g/mol. The summed E-state index contributed by atoms with van der Waals surface area (Å²) in [7, 11) is 0. The molecule has 4 rings (SSSR count). The van der Waals surface area contributed by atoms with E-state index in [2.05, 4.69) is 20.6 Å². The maximum atomic E-state index is 12.3. The number of pyridine rings is 1. The summed E-state index contributed by atoms with van der Waals surface area (Å²) in [4.78, 5) is 32.8. The van der Waals surface area contributed by atoms with E-state index in [4.69, 9.17) is 0 Å². The first-order chi connectivity index (χ1) is 13.6. The van der Waals surface area contributed by atoms with Crippen molar-refractivity contribution in [2.45, 2.75) is 6.92 Å². The number of carbonyl (C=O) groups excluding carboxylic acids is 2. The summed E-state index contributed by atoms with van der Waals surface area (Å²) in [5, 5.41) is 7.01. The lowest BCUT2D eigenvalue weighted by Crippen LogP contribution is -2.19. The molecule has 0 spiro atoms. The summed E-state index contributed by atoms with van der Waals surface area (Å²) < 4.78 is 0. The van der Waals surface area contributed by atoms with Gasteiger partial charge in [0.15, 0.2) is 5.17 Å². The first-order valence-corrected chi connectivity index (χ1v) is 9.40. The minimum absolute atomic E-state index is 0.149. The lowest BCUT2D eigenvalue weighted by atomic mass is 10.1. The van der Waals surface area contributed by atoms with E-state index in [0.29, 0.717) is 21.4 Å². The lowest BCUT2D eigenvalue weighted by Gasteiger charge is -2.02. The molecular formula is C21H16N4O2S. The van der Waals surface area contributed by atoms with Gasteiger partial charge in [-0.1, -0.05) is 18.2 Å². The van der Waals surface area contributed by atoms with E-state index in [1.54, 1.807) is 24.4 Å². The van der Waals surface area contributed by atoms with Crippen molar-refractivity contribution in [1.82, 2.24) is 10.3 Å². The highest BCUT2D eigenvalue weighted by Gasteiger charge is 2.23. The van der Waals surface area contributed by atoms with Crippen LogP contribution in [0.15, 0.2) is 70.7 Å². The number of hydrogen-bond acceptors (Lipinski definition) is 5. The third kappa shape index (κ3) is 4.10. The Bertz CT molecular complexity index is 1150. The molecule has 1 aliphatic rings. The number of anilines is 1. The molecule has 1 saturated heterocycles. The Kier molecular flexibility index (Phi) is 4.90. The van der Waals surface area contributed by atoms with Crippen LogP contribution in [0.2, 0.25) is 0 Å². The molecule has 28 heavy (non-hydrogen) atoms. The van der Waals surface area contributed by atoms with Gasteiger partial charge < -0.3 is 10.6 Å².